The van der Waals surface area contributed by atoms with Gasteiger partial charge in [0.25, 0.3) is 0 Å². The number of nitrogens with zero attached hydrogens (tertiary/aromatic N) is 1. The van der Waals surface area contributed by atoms with Gasteiger partial charge in [0.1, 0.15) is 0 Å². The van der Waals surface area contributed by atoms with Crippen molar-refractivity contribution in [3.05, 3.63) is 29.8 Å². The number of likely N-dealkylation sites (tertiary alicyclic amines) is 1. The summed E-state index contributed by atoms with van der Waals surface area (Å²) in [6.07, 6.45) is 0.753. The van der Waals surface area contributed by atoms with Crippen LogP contribution in [0.25, 0.3) is 0 Å². The molecule has 1 aromatic rings. The van der Waals surface area contributed by atoms with Gasteiger partial charge in [-0.25, -0.2) is 8.42 Å². The minimum absolute atomic E-state index is 0.0889. The van der Waals surface area contributed by atoms with Gasteiger partial charge in [-0.1, -0.05) is 46.8 Å². The molecule has 0 saturated carbocycles. The lowest BCUT2D eigenvalue weighted by molar-refractivity contribution is -0.139. The number of benzene rings is 1. The highest BCUT2D eigenvalue weighted by Gasteiger charge is 2.33. The number of ether oxygens (including phenoxy) is 1. The van der Waals surface area contributed by atoms with Crippen LogP contribution in [-0.2, 0) is 25.8 Å². The van der Waals surface area contributed by atoms with Gasteiger partial charge >= 0.3 is 5.97 Å². The van der Waals surface area contributed by atoms with Crippen molar-refractivity contribution in [2.24, 2.45) is 0 Å². The molecule has 0 spiro atoms. The van der Waals surface area contributed by atoms with E-state index in [9.17, 15) is 13.2 Å². The normalized spacial score (nSPS) is 17.0. The third-order valence-corrected chi connectivity index (χ3v) is 6.09. The maximum absolute atomic E-state index is 12.7. The van der Waals surface area contributed by atoms with Crippen molar-refractivity contribution < 1.29 is 17.9 Å². The predicted molar refractivity (Wildman–Crippen MR) is 103 cm³/mol. The second-order valence-corrected chi connectivity index (χ2v) is 7.48. The first-order valence-electron chi connectivity index (χ1n) is 9.09. The standard InChI is InChI=1S/C15H21NO4S.2C2H6/c1-3-16-8-7-14(11-16)21(18,19)13-6-4-5-12(9-13)10-15(17)20-2;2*1-2/h4-6,9,14H,3,7-8,10-11H2,1-2H3;2*1-2H3. The summed E-state index contributed by atoms with van der Waals surface area (Å²) in [5.41, 5.74) is 0.660. The van der Waals surface area contributed by atoms with Gasteiger partial charge in [0, 0.05) is 6.54 Å². The number of rotatable bonds is 5. The first-order chi connectivity index (χ1) is 12.0. The smallest absolute Gasteiger partial charge is 0.309 e. The molecule has 1 atom stereocenters. The first-order valence-corrected chi connectivity index (χ1v) is 10.6. The van der Waals surface area contributed by atoms with E-state index in [-0.39, 0.29) is 17.6 Å². The Morgan fingerprint density at radius 3 is 2.40 bits per heavy atom. The van der Waals surface area contributed by atoms with Crippen LogP contribution in [0.15, 0.2) is 29.2 Å². The predicted octanol–water partition coefficient (Wildman–Crippen LogP) is 3.32. The van der Waals surface area contributed by atoms with Gasteiger partial charge in [-0.2, -0.15) is 0 Å². The molecular weight excluding hydrogens is 338 g/mol. The summed E-state index contributed by atoms with van der Waals surface area (Å²) in [5.74, 6) is -0.373. The molecule has 144 valence electrons. The zero-order chi connectivity index (χ0) is 19.5. The molecule has 0 amide bonds. The maximum Gasteiger partial charge on any atom is 0.309 e. The minimum atomic E-state index is -3.34. The molecule has 1 aliphatic rings. The molecule has 1 fully saturated rings. The number of esters is 1. The molecular formula is C19H33NO4S. The number of hydrogen-bond acceptors (Lipinski definition) is 5. The van der Waals surface area contributed by atoms with Crippen LogP contribution in [0.2, 0.25) is 0 Å². The van der Waals surface area contributed by atoms with Crippen LogP contribution in [0.5, 0.6) is 0 Å². The maximum atomic E-state index is 12.7. The molecule has 1 heterocycles. The fourth-order valence-electron chi connectivity index (χ4n) is 2.60. The van der Waals surface area contributed by atoms with Crippen LogP contribution in [0.4, 0.5) is 0 Å². The van der Waals surface area contributed by atoms with Crippen molar-refractivity contribution in [1.82, 2.24) is 4.90 Å². The second kappa shape index (κ2) is 12.0. The van der Waals surface area contributed by atoms with Crippen LogP contribution in [0.3, 0.4) is 0 Å². The van der Waals surface area contributed by atoms with Gasteiger partial charge in [-0.05, 0) is 37.2 Å². The average molecular weight is 372 g/mol. The van der Waals surface area contributed by atoms with Gasteiger partial charge in [0.15, 0.2) is 9.84 Å². The summed E-state index contributed by atoms with van der Waals surface area (Å²) in [5, 5.41) is -0.356. The Morgan fingerprint density at radius 1 is 1.24 bits per heavy atom. The first kappa shape index (κ1) is 23.6. The van der Waals surface area contributed by atoms with Gasteiger partial charge in [-0.15, -0.1) is 0 Å². The Kier molecular flexibility index (Phi) is 11.4. The summed E-state index contributed by atoms with van der Waals surface area (Å²) in [7, 11) is -2.02. The molecule has 1 unspecified atom stereocenters. The summed E-state index contributed by atoms with van der Waals surface area (Å²) >= 11 is 0. The van der Waals surface area contributed by atoms with E-state index in [1.165, 1.54) is 7.11 Å². The molecule has 25 heavy (non-hydrogen) atoms. The van der Waals surface area contributed by atoms with E-state index in [0.29, 0.717) is 23.4 Å². The van der Waals surface area contributed by atoms with Crippen LogP contribution in [0, 0.1) is 0 Å². The van der Waals surface area contributed by atoms with E-state index in [2.05, 4.69) is 9.64 Å². The lowest BCUT2D eigenvalue weighted by atomic mass is 10.1. The van der Waals surface area contributed by atoms with E-state index in [0.717, 1.165) is 13.1 Å². The Morgan fingerprint density at radius 2 is 1.88 bits per heavy atom. The van der Waals surface area contributed by atoms with Crippen molar-refractivity contribution >= 4 is 15.8 Å². The molecule has 0 radical (unpaired) electrons. The molecule has 1 aliphatic heterocycles. The van der Waals surface area contributed by atoms with Crippen molar-refractivity contribution in [3.63, 3.8) is 0 Å². The van der Waals surface area contributed by atoms with E-state index in [1.54, 1.807) is 24.3 Å². The highest BCUT2D eigenvalue weighted by molar-refractivity contribution is 7.92. The fraction of sp³-hybridized carbons (Fsp3) is 0.632. The number of sulfone groups is 1. The summed E-state index contributed by atoms with van der Waals surface area (Å²) < 4.78 is 29.9. The largest absolute Gasteiger partial charge is 0.469 e. The van der Waals surface area contributed by atoms with E-state index in [1.807, 2.05) is 34.6 Å². The molecule has 5 nitrogen and oxygen atoms in total. The lowest BCUT2D eigenvalue weighted by Crippen LogP contribution is -2.27. The molecule has 0 bridgehead atoms. The van der Waals surface area contributed by atoms with E-state index >= 15 is 0 Å². The second-order valence-electron chi connectivity index (χ2n) is 5.25. The molecule has 1 aromatic carbocycles. The Bertz CT molecular complexity index is 614. The molecule has 0 aromatic heterocycles. The van der Waals surface area contributed by atoms with Crippen LogP contribution < -0.4 is 0 Å². The summed E-state index contributed by atoms with van der Waals surface area (Å²) in [6.45, 7) is 12.3. The molecule has 1 saturated heterocycles. The highest BCUT2D eigenvalue weighted by atomic mass is 32.2. The van der Waals surface area contributed by atoms with Gasteiger partial charge in [0.05, 0.1) is 23.7 Å². The van der Waals surface area contributed by atoms with E-state index < -0.39 is 9.84 Å². The molecule has 6 heteroatoms. The Labute approximate surface area is 153 Å². The van der Waals surface area contributed by atoms with Crippen molar-refractivity contribution in [2.45, 2.75) is 57.6 Å². The zero-order valence-corrected chi connectivity index (χ0v) is 17.2. The van der Waals surface area contributed by atoms with Gasteiger partial charge in [-0.3, -0.25) is 4.79 Å². The Hall–Kier alpha value is -1.40. The van der Waals surface area contributed by atoms with Crippen molar-refractivity contribution in [2.75, 3.05) is 26.7 Å². The topological polar surface area (TPSA) is 63.7 Å². The third-order valence-electron chi connectivity index (χ3n) is 3.92. The summed E-state index contributed by atoms with van der Waals surface area (Å²) in [6, 6.07) is 6.60. The minimum Gasteiger partial charge on any atom is -0.469 e. The SMILES string of the molecule is CC.CC.CCN1CCC(S(=O)(=O)c2cccc(CC(=O)OC)c2)C1. The summed E-state index contributed by atoms with van der Waals surface area (Å²) in [4.78, 5) is 13.7. The monoisotopic (exact) mass is 371 g/mol. The molecule has 2 rings (SSSR count). The fourth-order valence-corrected chi connectivity index (χ4v) is 4.39. The number of carbonyl (C=O) groups excluding carboxylic acids is 1. The highest BCUT2D eigenvalue weighted by Crippen LogP contribution is 2.24. The van der Waals surface area contributed by atoms with Crippen molar-refractivity contribution in [1.29, 1.82) is 0 Å². The van der Waals surface area contributed by atoms with Crippen LogP contribution in [0.1, 0.15) is 46.6 Å². The van der Waals surface area contributed by atoms with E-state index in [4.69, 9.17) is 0 Å². The van der Waals surface area contributed by atoms with Gasteiger partial charge in [0.2, 0.25) is 0 Å². The third kappa shape index (κ3) is 6.78. The number of methoxy groups -OCH3 is 1. The molecule has 0 N–H and O–H groups in total. The van der Waals surface area contributed by atoms with Crippen molar-refractivity contribution in [3.8, 4) is 0 Å². The number of carbonyl (C=O) groups is 1. The average Bonchev–Trinajstić information content (AvgIpc) is 3.15. The van der Waals surface area contributed by atoms with Gasteiger partial charge < -0.3 is 9.64 Å². The van der Waals surface area contributed by atoms with Crippen LogP contribution >= 0.6 is 0 Å². The Balaban J connectivity index is 0.00000134. The number of hydrogen-bond donors (Lipinski definition) is 0. The lowest BCUT2D eigenvalue weighted by Gasteiger charge is -2.14. The zero-order valence-electron chi connectivity index (χ0n) is 16.4. The quantitative estimate of drug-likeness (QED) is 0.743. The molecule has 0 aliphatic carbocycles. The van der Waals surface area contributed by atoms with Crippen LogP contribution in [-0.4, -0.2) is 51.3 Å².